The third-order valence-corrected chi connectivity index (χ3v) is 3.91. The summed E-state index contributed by atoms with van der Waals surface area (Å²) < 4.78 is 5.08. The van der Waals surface area contributed by atoms with Gasteiger partial charge in [-0.2, -0.15) is 0 Å². The number of ether oxygens (including phenoxy) is 1. The Labute approximate surface area is 123 Å². The van der Waals surface area contributed by atoms with Gasteiger partial charge < -0.3 is 15.0 Å². The van der Waals surface area contributed by atoms with Gasteiger partial charge in [0.25, 0.3) is 0 Å². The normalized spacial score (nSPS) is 21.4. The zero-order chi connectivity index (χ0) is 14.8. The van der Waals surface area contributed by atoms with Gasteiger partial charge in [0.1, 0.15) is 0 Å². The molecule has 0 spiro atoms. The van der Waals surface area contributed by atoms with Crippen molar-refractivity contribution < 1.29 is 14.3 Å². The zero-order valence-electron chi connectivity index (χ0n) is 12.0. The van der Waals surface area contributed by atoms with Gasteiger partial charge >= 0.3 is 12.0 Å². The van der Waals surface area contributed by atoms with Gasteiger partial charge in [-0.3, -0.25) is 4.90 Å². The Bertz CT molecular complexity index is 561. The van der Waals surface area contributed by atoms with Crippen LogP contribution in [0.4, 0.5) is 10.5 Å². The van der Waals surface area contributed by atoms with Gasteiger partial charge in [0.05, 0.1) is 23.9 Å². The second-order valence-corrected chi connectivity index (χ2v) is 5.18. The predicted octanol–water partition coefficient (Wildman–Crippen LogP) is 1.08. The first kappa shape index (κ1) is 13.9. The summed E-state index contributed by atoms with van der Waals surface area (Å²) in [5, 5.41) is 3.29. The summed E-state index contributed by atoms with van der Waals surface area (Å²) in [5.74, 6) is -0.385. The number of nitrogens with one attached hydrogen (secondary N) is 1. The van der Waals surface area contributed by atoms with E-state index < -0.39 is 0 Å². The highest BCUT2D eigenvalue weighted by Crippen LogP contribution is 2.28. The lowest BCUT2D eigenvalue weighted by atomic mass is 10.1. The highest BCUT2D eigenvalue weighted by molar-refractivity contribution is 6.03. The Morgan fingerprint density at radius 1 is 1.43 bits per heavy atom. The standard InChI is InChI=1S/C15H19N3O3/c1-2-21-14(19)12-5-3-4-6-13(12)18-10-11-9-16-7-8-17(11)15(18)20/h3-6,11,16H,2,7-10H2,1H3. The maximum absolute atomic E-state index is 12.5. The van der Waals surface area contributed by atoms with Crippen LogP contribution in [-0.4, -0.2) is 55.7 Å². The number of amides is 2. The van der Waals surface area contributed by atoms with Crippen molar-refractivity contribution in [3.05, 3.63) is 29.8 Å². The van der Waals surface area contributed by atoms with Crippen molar-refractivity contribution in [2.24, 2.45) is 0 Å². The SMILES string of the molecule is CCOC(=O)c1ccccc1N1CC2CNCCN2C1=O. The summed E-state index contributed by atoms with van der Waals surface area (Å²) in [7, 11) is 0. The van der Waals surface area contributed by atoms with Crippen LogP contribution in [0.2, 0.25) is 0 Å². The molecule has 0 saturated carbocycles. The van der Waals surface area contributed by atoms with E-state index in [1.165, 1.54) is 0 Å². The molecule has 3 rings (SSSR count). The van der Waals surface area contributed by atoms with Crippen molar-refractivity contribution in [3.8, 4) is 0 Å². The van der Waals surface area contributed by atoms with Gasteiger partial charge in [0.15, 0.2) is 0 Å². The van der Waals surface area contributed by atoms with Crippen LogP contribution in [0.5, 0.6) is 0 Å². The summed E-state index contributed by atoms with van der Waals surface area (Å²) >= 11 is 0. The molecule has 0 aromatic heterocycles. The van der Waals surface area contributed by atoms with Crippen molar-refractivity contribution in [3.63, 3.8) is 0 Å². The number of hydrogen-bond donors (Lipinski definition) is 1. The van der Waals surface area contributed by atoms with Gasteiger partial charge in [-0.25, -0.2) is 9.59 Å². The molecule has 1 N–H and O–H groups in total. The number of urea groups is 1. The molecule has 0 radical (unpaired) electrons. The molecule has 1 atom stereocenters. The van der Waals surface area contributed by atoms with E-state index in [1.54, 1.807) is 30.0 Å². The van der Waals surface area contributed by atoms with Crippen molar-refractivity contribution in [1.82, 2.24) is 10.2 Å². The first-order valence-corrected chi connectivity index (χ1v) is 7.27. The van der Waals surface area contributed by atoms with Crippen LogP contribution < -0.4 is 10.2 Å². The lowest BCUT2D eigenvalue weighted by molar-refractivity contribution is 0.0527. The number of benzene rings is 1. The van der Waals surface area contributed by atoms with Crippen molar-refractivity contribution in [2.75, 3.05) is 37.7 Å². The molecule has 2 aliphatic rings. The Morgan fingerprint density at radius 2 is 2.24 bits per heavy atom. The molecule has 1 aromatic carbocycles. The maximum Gasteiger partial charge on any atom is 0.340 e. The Morgan fingerprint density at radius 3 is 3.00 bits per heavy atom. The fourth-order valence-electron chi connectivity index (χ4n) is 2.91. The minimum absolute atomic E-state index is 0.0294. The highest BCUT2D eigenvalue weighted by atomic mass is 16.5. The largest absolute Gasteiger partial charge is 0.462 e. The zero-order valence-corrected chi connectivity index (χ0v) is 12.0. The number of nitrogens with zero attached hydrogens (tertiary/aromatic N) is 2. The molecule has 1 unspecified atom stereocenters. The van der Waals surface area contributed by atoms with Gasteiger partial charge in [-0.05, 0) is 19.1 Å². The van der Waals surface area contributed by atoms with Gasteiger partial charge in [0.2, 0.25) is 0 Å². The van der Waals surface area contributed by atoms with Crippen molar-refractivity contribution >= 4 is 17.7 Å². The van der Waals surface area contributed by atoms with E-state index >= 15 is 0 Å². The highest BCUT2D eigenvalue weighted by Gasteiger charge is 2.40. The average Bonchev–Trinajstić information content (AvgIpc) is 2.85. The topological polar surface area (TPSA) is 61.9 Å². The molecule has 2 aliphatic heterocycles. The third kappa shape index (κ3) is 2.47. The van der Waals surface area contributed by atoms with Crippen LogP contribution in [0.15, 0.2) is 24.3 Å². The monoisotopic (exact) mass is 289 g/mol. The minimum atomic E-state index is -0.385. The van der Waals surface area contributed by atoms with Crippen LogP contribution in [0, 0.1) is 0 Å². The number of rotatable bonds is 3. The fraction of sp³-hybridized carbons (Fsp3) is 0.467. The molecule has 2 fully saturated rings. The second-order valence-electron chi connectivity index (χ2n) is 5.18. The molecule has 6 heteroatoms. The fourth-order valence-corrected chi connectivity index (χ4v) is 2.91. The number of para-hydroxylation sites is 1. The molecule has 2 saturated heterocycles. The molecule has 2 amide bonds. The smallest absolute Gasteiger partial charge is 0.340 e. The lowest BCUT2D eigenvalue weighted by Crippen LogP contribution is -2.49. The van der Waals surface area contributed by atoms with Gasteiger partial charge in [0, 0.05) is 26.2 Å². The van der Waals surface area contributed by atoms with Crippen LogP contribution in [0.1, 0.15) is 17.3 Å². The number of carbonyl (C=O) groups is 2. The molecule has 112 valence electrons. The van der Waals surface area contributed by atoms with E-state index in [2.05, 4.69) is 5.32 Å². The molecule has 2 heterocycles. The van der Waals surface area contributed by atoms with E-state index in [9.17, 15) is 9.59 Å². The van der Waals surface area contributed by atoms with E-state index in [4.69, 9.17) is 4.74 Å². The first-order valence-electron chi connectivity index (χ1n) is 7.27. The summed E-state index contributed by atoms with van der Waals surface area (Å²) in [5.41, 5.74) is 1.08. The number of fused-ring (bicyclic) bond motifs is 1. The van der Waals surface area contributed by atoms with Crippen LogP contribution in [-0.2, 0) is 4.74 Å². The van der Waals surface area contributed by atoms with Gasteiger partial charge in [-0.15, -0.1) is 0 Å². The molecule has 0 aliphatic carbocycles. The average molecular weight is 289 g/mol. The van der Waals surface area contributed by atoms with E-state index in [0.29, 0.717) is 30.9 Å². The number of esters is 1. The van der Waals surface area contributed by atoms with Crippen LogP contribution in [0.3, 0.4) is 0 Å². The van der Waals surface area contributed by atoms with Crippen molar-refractivity contribution in [1.29, 1.82) is 0 Å². The van der Waals surface area contributed by atoms with Crippen LogP contribution >= 0.6 is 0 Å². The minimum Gasteiger partial charge on any atom is -0.462 e. The van der Waals surface area contributed by atoms with E-state index in [-0.39, 0.29) is 18.0 Å². The predicted molar refractivity (Wildman–Crippen MR) is 78.5 cm³/mol. The number of hydrogen-bond acceptors (Lipinski definition) is 4. The summed E-state index contributed by atoms with van der Waals surface area (Å²) in [6, 6.07) is 7.26. The Kier molecular flexibility index (Phi) is 3.79. The molecule has 6 nitrogen and oxygen atoms in total. The molecule has 1 aromatic rings. The second kappa shape index (κ2) is 5.73. The number of piperazine rings is 1. The van der Waals surface area contributed by atoms with Crippen LogP contribution in [0.25, 0.3) is 0 Å². The molecular formula is C15H19N3O3. The summed E-state index contributed by atoms with van der Waals surface area (Å²) in [4.78, 5) is 28.2. The van der Waals surface area contributed by atoms with Crippen molar-refractivity contribution in [2.45, 2.75) is 13.0 Å². The number of carbonyl (C=O) groups excluding carboxylic acids is 2. The molecular weight excluding hydrogens is 270 g/mol. The first-order chi connectivity index (χ1) is 10.2. The Hall–Kier alpha value is -2.08. The molecule has 0 bridgehead atoms. The molecule has 21 heavy (non-hydrogen) atoms. The quantitative estimate of drug-likeness (QED) is 0.846. The lowest BCUT2D eigenvalue weighted by Gasteiger charge is -2.28. The summed E-state index contributed by atoms with van der Waals surface area (Å²) in [6.45, 7) is 5.01. The summed E-state index contributed by atoms with van der Waals surface area (Å²) in [6.07, 6.45) is 0. The van der Waals surface area contributed by atoms with Gasteiger partial charge in [-0.1, -0.05) is 12.1 Å². The maximum atomic E-state index is 12.5. The van der Waals surface area contributed by atoms with E-state index in [0.717, 1.165) is 13.1 Å². The van der Waals surface area contributed by atoms with E-state index in [1.807, 2.05) is 11.0 Å². The Balaban J connectivity index is 1.90. The third-order valence-electron chi connectivity index (χ3n) is 3.91. The number of anilines is 1.